The van der Waals surface area contributed by atoms with Gasteiger partial charge in [0.2, 0.25) is 0 Å². The molecular formula is C20H25ClN2O3S. The molecule has 0 bridgehead atoms. The van der Waals surface area contributed by atoms with Gasteiger partial charge in [0.15, 0.2) is 11.9 Å². The second-order valence-electron chi connectivity index (χ2n) is 5.27. The van der Waals surface area contributed by atoms with Crippen molar-refractivity contribution >= 4 is 38.9 Å². The maximum atomic E-state index is 12.8. The van der Waals surface area contributed by atoms with Gasteiger partial charge in [-0.2, -0.15) is 0 Å². The summed E-state index contributed by atoms with van der Waals surface area (Å²) < 4.78 is 26.8. The SMILES string of the molecule is CC.CC.Cc1ccc(S(=O)(=O)n2cc(C)c3c(Cl)c(C=O)cnc32)cc1. The molecule has 1 aromatic carbocycles. The van der Waals surface area contributed by atoms with E-state index in [1.165, 1.54) is 12.4 Å². The van der Waals surface area contributed by atoms with E-state index in [-0.39, 0.29) is 21.1 Å². The summed E-state index contributed by atoms with van der Waals surface area (Å²) in [6.07, 6.45) is 3.34. The van der Waals surface area contributed by atoms with Crippen molar-refractivity contribution in [3.05, 3.63) is 58.4 Å². The van der Waals surface area contributed by atoms with Crippen molar-refractivity contribution in [1.82, 2.24) is 8.96 Å². The Hall–Kier alpha value is -2.18. The van der Waals surface area contributed by atoms with E-state index in [1.807, 2.05) is 34.6 Å². The summed E-state index contributed by atoms with van der Waals surface area (Å²) in [5.74, 6) is 0. The first-order valence-electron chi connectivity index (χ1n) is 8.80. The third-order valence-electron chi connectivity index (χ3n) is 3.64. The molecule has 0 aliphatic carbocycles. The molecule has 3 rings (SSSR count). The Morgan fingerprint density at radius 2 is 1.59 bits per heavy atom. The molecule has 146 valence electrons. The lowest BCUT2D eigenvalue weighted by molar-refractivity contribution is 0.112. The molecule has 0 saturated heterocycles. The van der Waals surface area contributed by atoms with E-state index in [2.05, 4.69) is 4.98 Å². The molecule has 0 amide bonds. The van der Waals surface area contributed by atoms with Gasteiger partial charge in [-0.25, -0.2) is 17.4 Å². The molecule has 0 unspecified atom stereocenters. The molecular weight excluding hydrogens is 384 g/mol. The van der Waals surface area contributed by atoms with E-state index in [9.17, 15) is 13.2 Å². The van der Waals surface area contributed by atoms with Crippen molar-refractivity contribution in [2.45, 2.75) is 46.4 Å². The van der Waals surface area contributed by atoms with Crippen LogP contribution in [0.25, 0.3) is 11.0 Å². The second-order valence-corrected chi connectivity index (χ2v) is 7.46. The molecule has 0 atom stereocenters. The lowest BCUT2D eigenvalue weighted by atomic mass is 10.2. The molecule has 0 aliphatic rings. The van der Waals surface area contributed by atoms with Gasteiger partial charge in [-0.1, -0.05) is 57.0 Å². The van der Waals surface area contributed by atoms with E-state index in [0.717, 1.165) is 9.54 Å². The first-order chi connectivity index (χ1) is 12.9. The number of aryl methyl sites for hydroxylation is 2. The topological polar surface area (TPSA) is 69.0 Å². The van der Waals surface area contributed by atoms with Crippen molar-refractivity contribution in [3.63, 3.8) is 0 Å². The van der Waals surface area contributed by atoms with Crippen molar-refractivity contribution in [2.24, 2.45) is 0 Å². The maximum absolute atomic E-state index is 12.8. The molecule has 0 aliphatic heterocycles. The number of rotatable bonds is 3. The molecule has 0 N–H and O–H groups in total. The number of aromatic nitrogens is 2. The number of benzene rings is 1. The molecule has 0 saturated carbocycles. The van der Waals surface area contributed by atoms with Crippen molar-refractivity contribution < 1.29 is 13.2 Å². The number of halogens is 1. The molecule has 5 nitrogen and oxygen atoms in total. The quantitative estimate of drug-likeness (QED) is 0.543. The molecule has 2 heterocycles. The van der Waals surface area contributed by atoms with Crippen LogP contribution in [0.5, 0.6) is 0 Å². The molecule has 27 heavy (non-hydrogen) atoms. The Labute approximate surface area is 166 Å². The average Bonchev–Trinajstić information content (AvgIpc) is 3.04. The molecule has 3 aromatic rings. The average molecular weight is 409 g/mol. The van der Waals surface area contributed by atoms with E-state index in [1.54, 1.807) is 31.2 Å². The Balaban J connectivity index is 0.000000855. The lowest BCUT2D eigenvalue weighted by Gasteiger charge is -2.07. The number of hydrogen-bond donors (Lipinski definition) is 0. The van der Waals surface area contributed by atoms with Crippen LogP contribution in [0.1, 0.15) is 49.2 Å². The largest absolute Gasteiger partial charge is 0.298 e. The van der Waals surface area contributed by atoms with Gasteiger partial charge in [0.25, 0.3) is 10.0 Å². The van der Waals surface area contributed by atoms with Gasteiger partial charge in [-0.05, 0) is 31.5 Å². The summed E-state index contributed by atoms with van der Waals surface area (Å²) >= 11 is 6.20. The lowest BCUT2D eigenvalue weighted by Crippen LogP contribution is -2.12. The van der Waals surface area contributed by atoms with Crippen molar-refractivity contribution in [3.8, 4) is 0 Å². The summed E-state index contributed by atoms with van der Waals surface area (Å²) in [5, 5.41) is 0.673. The van der Waals surface area contributed by atoms with Crippen LogP contribution in [0.15, 0.2) is 41.6 Å². The fourth-order valence-electron chi connectivity index (χ4n) is 2.40. The number of pyridine rings is 1. The monoisotopic (exact) mass is 408 g/mol. The Kier molecular flexibility index (Phi) is 8.19. The van der Waals surface area contributed by atoms with Gasteiger partial charge in [0, 0.05) is 17.8 Å². The fraction of sp³-hybridized carbons (Fsp3) is 0.300. The van der Waals surface area contributed by atoms with Crippen LogP contribution in [0.3, 0.4) is 0 Å². The minimum atomic E-state index is -3.79. The Morgan fingerprint density at radius 1 is 1.04 bits per heavy atom. The third-order valence-corrected chi connectivity index (χ3v) is 5.71. The first-order valence-corrected chi connectivity index (χ1v) is 10.6. The first kappa shape index (κ1) is 22.9. The van der Waals surface area contributed by atoms with Crippen molar-refractivity contribution in [1.29, 1.82) is 0 Å². The molecule has 0 fully saturated rings. The third kappa shape index (κ3) is 4.39. The van der Waals surface area contributed by atoms with Gasteiger partial charge in [-0.3, -0.25) is 4.79 Å². The highest BCUT2D eigenvalue weighted by Gasteiger charge is 2.23. The predicted molar refractivity (Wildman–Crippen MR) is 111 cm³/mol. The number of carbonyl (C=O) groups excluding carboxylic acids is 1. The number of hydrogen-bond acceptors (Lipinski definition) is 4. The van der Waals surface area contributed by atoms with E-state index >= 15 is 0 Å². The molecule has 0 radical (unpaired) electrons. The van der Waals surface area contributed by atoms with Gasteiger partial charge in [0.1, 0.15) is 0 Å². The maximum Gasteiger partial charge on any atom is 0.269 e. The summed E-state index contributed by atoms with van der Waals surface area (Å²) in [4.78, 5) is 15.3. The fourth-order valence-corrected chi connectivity index (χ4v) is 4.10. The van der Waals surface area contributed by atoms with Crippen LogP contribution in [0.4, 0.5) is 0 Å². The van der Waals surface area contributed by atoms with Crippen LogP contribution >= 0.6 is 11.6 Å². The second kappa shape index (κ2) is 9.67. The number of fused-ring (bicyclic) bond motifs is 1. The minimum absolute atomic E-state index is 0.164. The highest BCUT2D eigenvalue weighted by molar-refractivity contribution is 7.90. The van der Waals surface area contributed by atoms with Crippen LogP contribution in [0, 0.1) is 13.8 Å². The summed E-state index contributed by atoms with van der Waals surface area (Å²) in [5.41, 5.74) is 2.04. The zero-order chi connectivity index (χ0) is 20.8. The van der Waals surface area contributed by atoms with Gasteiger partial charge >= 0.3 is 0 Å². The smallest absolute Gasteiger partial charge is 0.269 e. The number of aldehydes is 1. The zero-order valence-corrected chi connectivity index (χ0v) is 18.0. The highest BCUT2D eigenvalue weighted by atomic mass is 35.5. The zero-order valence-electron chi connectivity index (χ0n) is 16.4. The van der Waals surface area contributed by atoms with Gasteiger partial charge in [-0.15, -0.1) is 0 Å². The van der Waals surface area contributed by atoms with E-state index in [0.29, 0.717) is 17.2 Å². The van der Waals surface area contributed by atoms with Gasteiger partial charge in [0.05, 0.1) is 15.5 Å². The van der Waals surface area contributed by atoms with Crippen LogP contribution in [0.2, 0.25) is 5.02 Å². The standard InChI is InChI=1S/C16H13ClN2O3S.2C2H6/c1-10-3-5-13(6-4-10)23(21,22)19-8-11(2)14-15(17)12(9-20)7-18-16(14)19;2*1-2/h3-9H,1-2H3;2*1-2H3. The van der Waals surface area contributed by atoms with Crippen LogP contribution < -0.4 is 0 Å². The number of nitrogens with zero attached hydrogens (tertiary/aromatic N) is 2. The molecule has 7 heteroatoms. The van der Waals surface area contributed by atoms with Gasteiger partial charge < -0.3 is 0 Å². The number of carbonyl (C=O) groups is 1. The van der Waals surface area contributed by atoms with Crippen LogP contribution in [-0.2, 0) is 10.0 Å². The predicted octanol–water partition coefficient (Wildman–Crippen LogP) is 5.41. The summed E-state index contributed by atoms with van der Waals surface area (Å²) in [7, 11) is -3.79. The Bertz CT molecular complexity index is 1020. The molecule has 2 aromatic heterocycles. The normalized spacial score (nSPS) is 10.5. The summed E-state index contributed by atoms with van der Waals surface area (Å²) in [6, 6.07) is 6.56. The van der Waals surface area contributed by atoms with Crippen molar-refractivity contribution in [2.75, 3.05) is 0 Å². The van der Waals surface area contributed by atoms with Crippen LogP contribution in [-0.4, -0.2) is 23.7 Å². The van der Waals surface area contributed by atoms with E-state index in [4.69, 9.17) is 11.6 Å². The highest BCUT2D eigenvalue weighted by Crippen LogP contribution is 2.31. The Morgan fingerprint density at radius 3 is 2.11 bits per heavy atom. The summed E-state index contributed by atoms with van der Waals surface area (Å²) in [6.45, 7) is 11.6. The minimum Gasteiger partial charge on any atom is -0.298 e. The van der Waals surface area contributed by atoms with E-state index < -0.39 is 10.0 Å². The molecule has 0 spiro atoms.